The first kappa shape index (κ1) is 24.5. The van der Waals surface area contributed by atoms with Crippen LogP contribution in [0.1, 0.15) is 57.2 Å². The van der Waals surface area contributed by atoms with Crippen LogP contribution in [0.3, 0.4) is 0 Å². The topological polar surface area (TPSA) is 74.3 Å². The van der Waals surface area contributed by atoms with Gasteiger partial charge in [-0.15, -0.1) is 0 Å². The minimum atomic E-state index is -1.63. The van der Waals surface area contributed by atoms with Gasteiger partial charge in [0, 0.05) is 0 Å². The first-order chi connectivity index (χ1) is 15.5. The molecule has 1 aromatic carbocycles. The molecule has 0 saturated heterocycles. The second-order valence-corrected chi connectivity index (χ2v) is 13.2. The molecule has 0 amide bonds. The summed E-state index contributed by atoms with van der Waals surface area (Å²) in [7, 11) is 0. The van der Waals surface area contributed by atoms with Crippen LogP contribution in [0.5, 0.6) is 0 Å². The number of aromatic amines is 1. The first-order valence-electron chi connectivity index (χ1n) is 11.1. The van der Waals surface area contributed by atoms with Gasteiger partial charge in [0.05, 0.1) is 5.70 Å². The normalized spacial score (nSPS) is 20.7. The van der Waals surface area contributed by atoms with Crippen LogP contribution in [0.15, 0.2) is 47.3 Å². The van der Waals surface area contributed by atoms with Crippen LogP contribution in [0, 0.1) is 5.82 Å². The minimum absolute atomic E-state index is 0.105. The van der Waals surface area contributed by atoms with Gasteiger partial charge in [-0.1, -0.05) is 20.4 Å². The van der Waals surface area contributed by atoms with Crippen LogP contribution in [0.2, 0.25) is 4.87 Å². The fourth-order valence-corrected chi connectivity index (χ4v) is 8.22. The molecule has 32 heavy (non-hydrogen) atoms. The Hall–Kier alpha value is -2.11. The third-order valence-corrected chi connectivity index (χ3v) is 10.9. The number of nitrogens with one attached hydrogen (secondary N) is 3. The largest absolute Gasteiger partial charge is 0.266 e. The summed E-state index contributed by atoms with van der Waals surface area (Å²) in [5.74, 6) is 1.47. The summed E-state index contributed by atoms with van der Waals surface area (Å²) in [4.78, 5) is 6.16. The zero-order chi connectivity index (χ0) is 23.3. The third kappa shape index (κ3) is 5.26. The Morgan fingerprint density at radius 2 is 2.16 bits per heavy atom. The fourth-order valence-electron chi connectivity index (χ4n) is 4.09. The van der Waals surface area contributed by atoms with Crippen molar-refractivity contribution < 1.29 is 9.13 Å². The third-order valence-electron chi connectivity index (χ3n) is 5.83. The molecule has 1 saturated carbocycles. The number of halogens is 1. The summed E-state index contributed by atoms with van der Waals surface area (Å²) in [5, 5.41) is 10.6. The predicted octanol–water partition coefficient (Wildman–Crippen LogP) is 5.02. The molecule has 6 nitrogen and oxygen atoms in total. The molecule has 4 rings (SSSR count). The number of anilines is 2. The number of hydrogen-bond donors (Lipinski definition) is 3. The predicted molar refractivity (Wildman–Crippen MR) is 132 cm³/mol. The number of benzene rings is 1. The number of rotatable bonds is 7. The van der Waals surface area contributed by atoms with Crippen molar-refractivity contribution in [1.82, 2.24) is 13.7 Å². The zero-order valence-corrected chi connectivity index (χ0v) is 21.9. The van der Waals surface area contributed by atoms with E-state index in [0.717, 1.165) is 36.2 Å². The molecule has 1 fully saturated rings. The second kappa shape index (κ2) is 11.2. The van der Waals surface area contributed by atoms with Gasteiger partial charge in [-0.25, -0.2) is 0 Å². The monoisotopic (exact) mass is 547 g/mol. The van der Waals surface area contributed by atoms with E-state index in [-0.39, 0.29) is 11.9 Å². The van der Waals surface area contributed by atoms with Crippen molar-refractivity contribution in [3.8, 4) is 0 Å². The van der Waals surface area contributed by atoms with E-state index in [1.54, 1.807) is 6.08 Å². The summed E-state index contributed by atoms with van der Waals surface area (Å²) in [6.45, 7) is 13.8. The Kier molecular flexibility index (Phi) is 8.55. The van der Waals surface area contributed by atoms with E-state index in [2.05, 4.69) is 48.2 Å². The van der Waals surface area contributed by atoms with Crippen LogP contribution in [-0.2, 0) is 11.3 Å². The maximum atomic E-state index is 14.9. The van der Waals surface area contributed by atoms with Crippen LogP contribution < -0.4 is 12.3 Å². The Bertz CT molecular complexity index is 1000. The van der Waals surface area contributed by atoms with Gasteiger partial charge in [0.2, 0.25) is 0 Å². The molecular weight excluding hydrogens is 515 g/mol. The molecule has 0 radical (unpaired) electrons. The molecule has 1 aliphatic heterocycles. The molecule has 2 heterocycles. The molecule has 172 valence electrons. The molecule has 1 aromatic heterocycles. The molecule has 2 unspecified atom stereocenters. The number of aliphatic imine (C=N–C) groups is 1. The summed E-state index contributed by atoms with van der Waals surface area (Å²) in [6, 6.07) is 5.86. The maximum Gasteiger partial charge on any atom is 0.0784 e. The number of ether oxygens (including phenoxy) is 1. The molecular formula is C24H33FN5OSb. The molecule has 2 aromatic rings. The van der Waals surface area contributed by atoms with Gasteiger partial charge < -0.3 is 0 Å². The molecule has 1 aliphatic carbocycles. The number of aromatic nitrogens is 2. The number of nitrogens with zero attached hydrogens (tertiary/aromatic N) is 2. The summed E-state index contributed by atoms with van der Waals surface area (Å²) >= 11 is -1.63. The molecule has 0 bridgehead atoms. The molecule has 2 aliphatic rings. The SMILES string of the molecule is C=C/C(OC1CCC(c2cc(Nc3cc[c]4c(c3F)C[NH][Sb]4[CH3])n[nH]2)C1)=C(/C)N=C.CC. The Morgan fingerprint density at radius 3 is 2.88 bits per heavy atom. The van der Waals surface area contributed by atoms with Crippen LogP contribution in [-0.4, -0.2) is 43.5 Å². The fraction of sp³-hybridized carbons (Fsp3) is 0.417. The van der Waals surface area contributed by atoms with Gasteiger partial charge in [-0.2, -0.15) is 0 Å². The van der Waals surface area contributed by atoms with Crippen molar-refractivity contribution in [2.45, 2.75) is 63.5 Å². The van der Waals surface area contributed by atoms with Crippen LogP contribution in [0.25, 0.3) is 0 Å². The Morgan fingerprint density at radius 1 is 1.38 bits per heavy atom. The average Bonchev–Trinajstić information content (AvgIpc) is 3.55. The van der Waals surface area contributed by atoms with Gasteiger partial charge in [-0.05, 0) is 19.7 Å². The number of allylic oxidation sites excluding steroid dienone is 2. The molecule has 0 spiro atoms. The van der Waals surface area contributed by atoms with Crippen molar-refractivity contribution in [2.24, 2.45) is 4.99 Å². The summed E-state index contributed by atoms with van der Waals surface area (Å²) in [5.41, 5.74) is 3.07. The van der Waals surface area contributed by atoms with E-state index in [4.69, 9.17) is 4.74 Å². The first-order valence-corrected chi connectivity index (χ1v) is 16.2. The van der Waals surface area contributed by atoms with Crippen molar-refractivity contribution in [1.29, 1.82) is 0 Å². The summed E-state index contributed by atoms with van der Waals surface area (Å²) < 4.78 is 25.6. The van der Waals surface area contributed by atoms with E-state index >= 15 is 0 Å². The van der Waals surface area contributed by atoms with Gasteiger partial charge in [0.15, 0.2) is 0 Å². The van der Waals surface area contributed by atoms with Crippen molar-refractivity contribution in [2.75, 3.05) is 5.32 Å². The van der Waals surface area contributed by atoms with Crippen molar-refractivity contribution in [3.05, 3.63) is 59.4 Å². The van der Waals surface area contributed by atoms with Crippen molar-refractivity contribution in [3.63, 3.8) is 0 Å². The number of hydrogen-bond acceptors (Lipinski definition) is 5. The molecule has 3 N–H and O–H groups in total. The van der Waals surface area contributed by atoms with Gasteiger partial charge in [0.1, 0.15) is 5.76 Å². The maximum absolute atomic E-state index is 14.9. The van der Waals surface area contributed by atoms with E-state index in [0.29, 0.717) is 29.7 Å². The van der Waals surface area contributed by atoms with E-state index in [1.807, 2.05) is 32.9 Å². The van der Waals surface area contributed by atoms with Crippen LogP contribution in [0.4, 0.5) is 15.9 Å². The summed E-state index contributed by atoms with van der Waals surface area (Å²) in [6.07, 6.45) is 4.62. The number of fused-ring (bicyclic) bond motifs is 1. The van der Waals surface area contributed by atoms with Crippen LogP contribution >= 0.6 is 0 Å². The molecule has 8 heteroatoms. The van der Waals surface area contributed by atoms with E-state index < -0.39 is 20.5 Å². The zero-order valence-electron chi connectivity index (χ0n) is 19.3. The Labute approximate surface area is 197 Å². The van der Waals surface area contributed by atoms with E-state index in [9.17, 15) is 4.39 Å². The smallest absolute Gasteiger partial charge is 0.0784 e. The minimum Gasteiger partial charge on any atom is -0.266 e. The van der Waals surface area contributed by atoms with E-state index in [1.165, 1.54) is 3.51 Å². The van der Waals surface area contributed by atoms with Gasteiger partial charge in [0.25, 0.3) is 0 Å². The standard InChI is InChI=1S/C21H24FN5O.C2H6.CH3.Sb/c1-4-19(13(2)24-3)28-16-9-8-14(10-16)18-11-20(27-26-18)25-17-7-5-6-15(12-23)21(17)22;1-2;;/h4-5,7,11,14,16,23H,1,3,8-10,12H2,2H3,(H2,25,26,27);1-2H3;1H3;/q-1;;;+1/b19-13+;;;. The quantitative estimate of drug-likeness (QED) is 0.197. The average molecular weight is 548 g/mol. The number of H-pyrrole nitrogens is 1. The second-order valence-electron chi connectivity index (χ2n) is 7.71. The van der Waals surface area contributed by atoms with Gasteiger partial charge >= 0.3 is 142 Å². The Balaban J connectivity index is 0.00000141. The molecule has 2 atom stereocenters. The van der Waals surface area contributed by atoms with Gasteiger partial charge in [-0.3, -0.25) is 4.99 Å². The van der Waals surface area contributed by atoms with Crippen molar-refractivity contribution >= 4 is 42.2 Å².